The van der Waals surface area contributed by atoms with Crippen molar-refractivity contribution in [3.63, 3.8) is 0 Å². The van der Waals surface area contributed by atoms with E-state index in [2.05, 4.69) is 15.3 Å². The number of nitrogens with one attached hydrogen (secondary N) is 1. The topological polar surface area (TPSA) is 81.2 Å². The molecule has 6 nitrogen and oxygen atoms in total. The molecule has 1 N–H and O–H groups in total. The molecule has 0 bridgehead atoms. The Balaban J connectivity index is 1.31. The first kappa shape index (κ1) is 19.5. The fourth-order valence-electron chi connectivity index (χ4n) is 2.72. The van der Waals surface area contributed by atoms with Gasteiger partial charge < -0.3 is 10.1 Å². The summed E-state index contributed by atoms with van der Waals surface area (Å²) in [4.78, 5) is 33.2. The van der Waals surface area contributed by atoms with Gasteiger partial charge in [0.2, 0.25) is 0 Å². The van der Waals surface area contributed by atoms with Gasteiger partial charge in [-0.1, -0.05) is 36.4 Å². The largest absolute Gasteiger partial charge is 0.484 e. The Morgan fingerprint density at radius 2 is 1.63 bits per heavy atom. The average molecular weight is 415 g/mol. The fraction of sp³-hybridized carbons (Fsp3) is 0.0435. The van der Waals surface area contributed by atoms with Crippen molar-refractivity contribution >= 4 is 28.8 Å². The highest BCUT2D eigenvalue weighted by atomic mass is 32.1. The number of nitrogens with zero attached hydrogens (tertiary/aromatic N) is 2. The van der Waals surface area contributed by atoms with Crippen LogP contribution in [-0.4, -0.2) is 28.3 Å². The molecule has 0 radical (unpaired) electrons. The van der Waals surface area contributed by atoms with Gasteiger partial charge in [-0.15, -0.1) is 11.3 Å². The van der Waals surface area contributed by atoms with Gasteiger partial charge in [-0.2, -0.15) is 0 Å². The molecule has 0 atom stereocenters. The number of ether oxygens (including phenoxy) is 1. The van der Waals surface area contributed by atoms with Crippen molar-refractivity contribution in [3.05, 3.63) is 95.5 Å². The Hall–Kier alpha value is -3.84. The van der Waals surface area contributed by atoms with E-state index in [1.165, 1.54) is 11.3 Å². The van der Waals surface area contributed by atoms with Gasteiger partial charge in [0, 0.05) is 22.7 Å². The number of ketones is 1. The van der Waals surface area contributed by atoms with E-state index in [-0.39, 0.29) is 18.3 Å². The van der Waals surface area contributed by atoms with E-state index in [1.54, 1.807) is 48.0 Å². The van der Waals surface area contributed by atoms with Gasteiger partial charge in [0.15, 0.2) is 12.4 Å². The van der Waals surface area contributed by atoms with Gasteiger partial charge in [0.25, 0.3) is 5.91 Å². The highest BCUT2D eigenvalue weighted by Gasteiger charge is 2.11. The lowest BCUT2D eigenvalue weighted by molar-refractivity contribution is -0.118. The number of hydrogen-bond donors (Lipinski definition) is 1. The number of aromatic nitrogens is 2. The summed E-state index contributed by atoms with van der Waals surface area (Å²) in [6.07, 6.45) is 1.70. The maximum atomic E-state index is 12.4. The molecule has 148 valence electrons. The van der Waals surface area contributed by atoms with Gasteiger partial charge in [-0.05, 0) is 36.4 Å². The number of amides is 1. The van der Waals surface area contributed by atoms with Crippen LogP contribution in [0.2, 0.25) is 0 Å². The number of pyridine rings is 1. The van der Waals surface area contributed by atoms with Gasteiger partial charge >= 0.3 is 0 Å². The highest BCUT2D eigenvalue weighted by Crippen LogP contribution is 2.23. The molecule has 0 spiro atoms. The van der Waals surface area contributed by atoms with Crippen LogP contribution in [-0.2, 0) is 4.79 Å². The average Bonchev–Trinajstić information content (AvgIpc) is 3.27. The molecule has 0 fully saturated rings. The van der Waals surface area contributed by atoms with Gasteiger partial charge in [0.05, 0.1) is 5.69 Å². The summed E-state index contributed by atoms with van der Waals surface area (Å²) in [5.74, 6) is 0.574. The lowest BCUT2D eigenvalue weighted by Gasteiger charge is -2.07. The second-order valence-corrected chi connectivity index (χ2v) is 7.17. The Morgan fingerprint density at radius 1 is 0.900 bits per heavy atom. The van der Waals surface area contributed by atoms with Crippen molar-refractivity contribution in [2.24, 2.45) is 0 Å². The zero-order valence-corrected chi connectivity index (χ0v) is 16.6. The summed E-state index contributed by atoms with van der Waals surface area (Å²) >= 11 is 1.40. The lowest BCUT2D eigenvalue weighted by Crippen LogP contribution is -2.20. The van der Waals surface area contributed by atoms with Crippen LogP contribution in [0.4, 0.5) is 5.82 Å². The minimum absolute atomic E-state index is 0.0628. The van der Waals surface area contributed by atoms with Gasteiger partial charge in [0.1, 0.15) is 16.6 Å². The first-order valence-electron chi connectivity index (χ1n) is 9.18. The number of thiazole rings is 1. The molecule has 0 unspecified atom stereocenters. The van der Waals surface area contributed by atoms with Crippen molar-refractivity contribution in [1.82, 2.24) is 9.97 Å². The molecule has 0 aliphatic carbocycles. The number of anilines is 1. The quantitative estimate of drug-likeness (QED) is 0.451. The maximum Gasteiger partial charge on any atom is 0.263 e. The Bertz CT molecular complexity index is 1140. The SMILES string of the molecule is O=C(COc1ccc(C(=O)c2ccccc2)cc1)Nc1csc(-c2ccccn2)n1. The van der Waals surface area contributed by atoms with E-state index in [0.717, 1.165) is 10.7 Å². The summed E-state index contributed by atoms with van der Waals surface area (Å²) in [5.41, 5.74) is 1.94. The second-order valence-electron chi connectivity index (χ2n) is 6.31. The van der Waals surface area contributed by atoms with Crippen LogP contribution in [0.25, 0.3) is 10.7 Å². The van der Waals surface area contributed by atoms with Crippen LogP contribution >= 0.6 is 11.3 Å². The van der Waals surface area contributed by atoms with Crippen molar-refractivity contribution in [2.45, 2.75) is 0 Å². The van der Waals surface area contributed by atoms with Crippen LogP contribution in [0, 0.1) is 0 Å². The number of benzene rings is 2. The predicted octanol–water partition coefficient (Wildman–Crippen LogP) is 4.45. The van der Waals surface area contributed by atoms with Crippen LogP contribution in [0.15, 0.2) is 84.4 Å². The standard InChI is InChI=1S/C23H17N3O3S/c27-21(25-20-15-30-23(26-20)19-8-4-5-13-24-19)14-29-18-11-9-17(10-12-18)22(28)16-6-2-1-3-7-16/h1-13,15H,14H2,(H,25,27). The second kappa shape index (κ2) is 9.11. The van der Waals surface area contributed by atoms with Crippen LogP contribution in [0.5, 0.6) is 5.75 Å². The number of carbonyl (C=O) groups excluding carboxylic acids is 2. The molecule has 4 aromatic rings. The molecule has 30 heavy (non-hydrogen) atoms. The molecule has 0 saturated heterocycles. The van der Waals surface area contributed by atoms with E-state index in [9.17, 15) is 9.59 Å². The number of rotatable bonds is 7. The first-order valence-corrected chi connectivity index (χ1v) is 10.1. The zero-order valence-electron chi connectivity index (χ0n) is 15.8. The summed E-state index contributed by atoms with van der Waals surface area (Å²) in [6.45, 7) is -0.164. The summed E-state index contributed by atoms with van der Waals surface area (Å²) in [6, 6.07) is 21.3. The predicted molar refractivity (Wildman–Crippen MR) is 116 cm³/mol. The third-order valence-electron chi connectivity index (χ3n) is 4.18. The van der Waals surface area contributed by atoms with Gasteiger partial charge in [-0.25, -0.2) is 4.98 Å². The van der Waals surface area contributed by atoms with E-state index < -0.39 is 0 Å². The molecule has 0 aliphatic rings. The molecule has 7 heteroatoms. The fourth-order valence-corrected chi connectivity index (χ4v) is 3.45. The van der Waals surface area contributed by atoms with Crippen LogP contribution < -0.4 is 10.1 Å². The Labute approximate surface area is 177 Å². The number of hydrogen-bond acceptors (Lipinski definition) is 6. The van der Waals surface area contributed by atoms with E-state index in [4.69, 9.17) is 4.74 Å². The van der Waals surface area contributed by atoms with E-state index in [1.807, 2.05) is 36.4 Å². The van der Waals surface area contributed by atoms with E-state index >= 15 is 0 Å². The first-order chi connectivity index (χ1) is 14.7. The molecule has 2 aromatic carbocycles. The molecular weight excluding hydrogens is 398 g/mol. The molecule has 2 aromatic heterocycles. The molecule has 2 heterocycles. The molecular formula is C23H17N3O3S. The normalized spacial score (nSPS) is 10.4. The smallest absolute Gasteiger partial charge is 0.263 e. The zero-order chi connectivity index (χ0) is 20.8. The molecule has 4 rings (SSSR count). The Morgan fingerprint density at radius 3 is 2.37 bits per heavy atom. The highest BCUT2D eigenvalue weighted by molar-refractivity contribution is 7.13. The number of carbonyl (C=O) groups is 2. The maximum absolute atomic E-state index is 12.4. The summed E-state index contributed by atoms with van der Waals surface area (Å²) in [7, 11) is 0. The van der Waals surface area contributed by atoms with Crippen molar-refractivity contribution < 1.29 is 14.3 Å². The van der Waals surface area contributed by atoms with Crippen LogP contribution in [0.3, 0.4) is 0 Å². The summed E-state index contributed by atoms with van der Waals surface area (Å²) < 4.78 is 5.51. The molecule has 0 aliphatic heterocycles. The monoisotopic (exact) mass is 415 g/mol. The van der Waals surface area contributed by atoms with Crippen molar-refractivity contribution in [3.8, 4) is 16.5 Å². The third kappa shape index (κ3) is 4.76. The van der Waals surface area contributed by atoms with E-state index in [0.29, 0.717) is 22.7 Å². The van der Waals surface area contributed by atoms with Crippen molar-refractivity contribution in [1.29, 1.82) is 0 Å². The molecule has 1 amide bonds. The Kier molecular flexibility index (Phi) is 5.91. The minimum Gasteiger partial charge on any atom is -0.484 e. The van der Waals surface area contributed by atoms with Gasteiger partial charge in [-0.3, -0.25) is 14.6 Å². The minimum atomic E-state index is -0.322. The van der Waals surface area contributed by atoms with Crippen LogP contribution in [0.1, 0.15) is 15.9 Å². The lowest BCUT2D eigenvalue weighted by atomic mass is 10.0. The summed E-state index contributed by atoms with van der Waals surface area (Å²) in [5, 5.41) is 5.19. The third-order valence-corrected chi connectivity index (χ3v) is 5.04. The van der Waals surface area contributed by atoms with Crippen molar-refractivity contribution in [2.75, 3.05) is 11.9 Å². The molecule has 0 saturated carbocycles.